The fraction of sp³-hybridized carbons (Fsp3) is 0.531. The van der Waals surface area contributed by atoms with E-state index in [1.807, 2.05) is 24.3 Å². The number of rotatable bonds is 10. The van der Waals surface area contributed by atoms with Gasteiger partial charge in [-0.2, -0.15) is 0 Å². The molecule has 1 aliphatic carbocycles. The second-order valence-electron chi connectivity index (χ2n) is 11.6. The highest BCUT2D eigenvalue weighted by atomic mass is 16.5. The van der Waals surface area contributed by atoms with Crippen LogP contribution in [0.5, 0.6) is 5.75 Å². The summed E-state index contributed by atoms with van der Waals surface area (Å²) in [6, 6.07) is 16.4. The van der Waals surface area contributed by atoms with E-state index in [1.54, 1.807) is 11.8 Å². The minimum atomic E-state index is 0.160. The summed E-state index contributed by atoms with van der Waals surface area (Å²) in [4.78, 5) is 20.2. The number of methoxy groups -OCH3 is 1. The van der Waals surface area contributed by atoms with Crippen LogP contribution in [0.25, 0.3) is 22.8 Å². The zero-order chi connectivity index (χ0) is 26.5. The van der Waals surface area contributed by atoms with Crippen LogP contribution in [0.3, 0.4) is 0 Å². The fourth-order valence-electron chi connectivity index (χ4n) is 6.22. The molecule has 0 bridgehead atoms. The molecule has 0 amide bonds. The average Bonchev–Trinajstić information content (AvgIpc) is 3.35. The molecule has 2 heterocycles. The predicted molar refractivity (Wildman–Crippen MR) is 152 cm³/mol. The maximum absolute atomic E-state index is 12.7. The highest BCUT2D eigenvalue weighted by Gasteiger charge is 2.30. The molecule has 2 fully saturated rings. The molecule has 1 saturated carbocycles. The number of carbonyl (C=O) groups is 1. The molecule has 0 N–H and O–H groups in total. The Labute approximate surface area is 227 Å². The largest absolute Gasteiger partial charge is 0.497 e. The van der Waals surface area contributed by atoms with Crippen LogP contribution in [0.1, 0.15) is 57.9 Å². The number of aromatic nitrogens is 3. The third-order valence-corrected chi connectivity index (χ3v) is 8.27. The summed E-state index contributed by atoms with van der Waals surface area (Å²) in [6.45, 7) is 8.01. The smallest absolute Gasteiger partial charge is 0.181 e. The van der Waals surface area contributed by atoms with E-state index in [0.717, 1.165) is 41.7 Å². The van der Waals surface area contributed by atoms with E-state index in [-0.39, 0.29) is 12.3 Å². The standard InChI is InChI=1S/C32H42N4O2/c1-23(2)19-29(37)22-36-32(27-9-6-10-30(20-27)38-3)33-31(34-36)26-13-11-24(12-14-26)15-17-35-18-16-25-7-4-5-8-28(25)21-35/h6,9-14,20,23,25,28H,4-5,7-8,15-19,21-22H2,1-3H3. The molecule has 1 saturated heterocycles. The second-order valence-corrected chi connectivity index (χ2v) is 11.6. The Hall–Kier alpha value is -2.99. The summed E-state index contributed by atoms with van der Waals surface area (Å²) in [6.07, 6.45) is 8.72. The minimum Gasteiger partial charge on any atom is -0.497 e. The summed E-state index contributed by atoms with van der Waals surface area (Å²) in [5.41, 5.74) is 3.20. The molecular formula is C32H42N4O2. The Bertz CT molecular complexity index is 1220. The Morgan fingerprint density at radius 2 is 1.82 bits per heavy atom. The van der Waals surface area contributed by atoms with E-state index in [2.05, 4.69) is 43.0 Å². The lowest BCUT2D eigenvalue weighted by Gasteiger charge is -2.41. The van der Waals surface area contributed by atoms with Gasteiger partial charge in [0.25, 0.3) is 0 Å². The van der Waals surface area contributed by atoms with Crippen LogP contribution in [0, 0.1) is 17.8 Å². The van der Waals surface area contributed by atoms with E-state index < -0.39 is 0 Å². The van der Waals surface area contributed by atoms with E-state index in [1.165, 1.54) is 50.8 Å². The Kier molecular flexibility index (Phi) is 8.58. The first-order valence-corrected chi connectivity index (χ1v) is 14.4. The first-order chi connectivity index (χ1) is 18.5. The lowest BCUT2D eigenvalue weighted by molar-refractivity contribution is -0.120. The topological polar surface area (TPSA) is 60.2 Å². The molecule has 0 spiro atoms. The number of likely N-dealkylation sites (tertiary alicyclic amines) is 1. The summed E-state index contributed by atoms with van der Waals surface area (Å²) >= 11 is 0. The van der Waals surface area contributed by atoms with Gasteiger partial charge in [0.2, 0.25) is 0 Å². The molecule has 0 radical (unpaired) electrons. The quantitative estimate of drug-likeness (QED) is 0.318. The minimum absolute atomic E-state index is 0.160. The number of ether oxygens (including phenoxy) is 1. The first kappa shape index (κ1) is 26.6. The number of piperidine rings is 1. The number of carbonyl (C=O) groups excluding carboxylic acids is 1. The molecule has 38 heavy (non-hydrogen) atoms. The summed E-state index contributed by atoms with van der Waals surface area (Å²) in [5.74, 6) is 4.46. The summed E-state index contributed by atoms with van der Waals surface area (Å²) < 4.78 is 7.17. The van der Waals surface area contributed by atoms with Gasteiger partial charge < -0.3 is 9.64 Å². The number of fused-ring (bicyclic) bond motifs is 1. The molecule has 2 unspecified atom stereocenters. The van der Waals surface area contributed by atoms with E-state index in [4.69, 9.17) is 14.8 Å². The average molecular weight is 515 g/mol. The first-order valence-electron chi connectivity index (χ1n) is 14.4. The lowest BCUT2D eigenvalue weighted by Crippen LogP contribution is -2.42. The predicted octanol–water partition coefficient (Wildman–Crippen LogP) is 6.29. The Balaban J connectivity index is 1.29. The molecule has 1 aromatic heterocycles. The molecule has 202 valence electrons. The molecule has 6 heteroatoms. The number of hydrogen-bond acceptors (Lipinski definition) is 5. The zero-order valence-electron chi connectivity index (χ0n) is 23.2. The van der Waals surface area contributed by atoms with Crippen molar-refractivity contribution in [1.82, 2.24) is 19.7 Å². The monoisotopic (exact) mass is 514 g/mol. The van der Waals surface area contributed by atoms with Crippen LogP contribution in [0.15, 0.2) is 48.5 Å². The highest BCUT2D eigenvalue weighted by molar-refractivity contribution is 5.79. The second kappa shape index (κ2) is 12.2. The maximum atomic E-state index is 12.7. The van der Waals surface area contributed by atoms with Crippen LogP contribution in [0.4, 0.5) is 0 Å². The van der Waals surface area contributed by atoms with E-state index >= 15 is 0 Å². The van der Waals surface area contributed by atoms with Gasteiger partial charge in [0.05, 0.1) is 7.11 Å². The molecular weight excluding hydrogens is 472 g/mol. The van der Waals surface area contributed by atoms with Crippen molar-refractivity contribution in [3.05, 3.63) is 54.1 Å². The number of benzene rings is 2. The molecule has 5 rings (SSSR count). The van der Waals surface area contributed by atoms with E-state index in [9.17, 15) is 4.79 Å². The Morgan fingerprint density at radius 3 is 2.58 bits per heavy atom. The van der Waals surface area contributed by atoms with Crippen molar-refractivity contribution in [3.8, 4) is 28.5 Å². The summed E-state index contributed by atoms with van der Waals surface area (Å²) in [5, 5.41) is 4.78. The van der Waals surface area contributed by atoms with Crippen LogP contribution in [-0.2, 0) is 17.8 Å². The summed E-state index contributed by atoms with van der Waals surface area (Å²) in [7, 11) is 1.65. The molecule has 2 atom stereocenters. The van der Waals surface area contributed by atoms with Crippen molar-refractivity contribution in [1.29, 1.82) is 0 Å². The van der Waals surface area contributed by atoms with Crippen molar-refractivity contribution in [2.75, 3.05) is 26.7 Å². The highest BCUT2D eigenvalue weighted by Crippen LogP contribution is 2.36. The number of ketones is 1. The number of hydrogen-bond donors (Lipinski definition) is 0. The van der Waals surface area contributed by atoms with Crippen molar-refractivity contribution >= 4 is 5.78 Å². The molecule has 6 nitrogen and oxygen atoms in total. The van der Waals surface area contributed by atoms with Gasteiger partial charge in [-0.1, -0.05) is 69.5 Å². The van der Waals surface area contributed by atoms with Crippen molar-refractivity contribution < 1.29 is 9.53 Å². The van der Waals surface area contributed by atoms with Gasteiger partial charge in [0, 0.05) is 30.6 Å². The van der Waals surface area contributed by atoms with E-state index in [0.29, 0.717) is 24.0 Å². The van der Waals surface area contributed by atoms with Gasteiger partial charge in [-0.05, 0) is 61.3 Å². The van der Waals surface area contributed by atoms with Gasteiger partial charge in [-0.15, -0.1) is 5.10 Å². The molecule has 1 aliphatic heterocycles. The van der Waals surface area contributed by atoms with Gasteiger partial charge in [-0.3, -0.25) is 4.79 Å². The molecule has 2 aliphatic rings. The van der Waals surface area contributed by atoms with Crippen molar-refractivity contribution in [3.63, 3.8) is 0 Å². The van der Waals surface area contributed by atoms with Crippen LogP contribution in [-0.4, -0.2) is 52.2 Å². The Morgan fingerprint density at radius 1 is 1.03 bits per heavy atom. The third kappa shape index (κ3) is 6.52. The van der Waals surface area contributed by atoms with Crippen molar-refractivity contribution in [2.24, 2.45) is 17.8 Å². The number of Topliss-reactive ketones (excluding diaryl/α,β-unsaturated/α-hetero) is 1. The van der Waals surface area contributed by atoms with Crippen LogP contribution >= 0.6 is 0 Å². The van der Waals surface area contributed by atoms with Gasteiger partial charge in [0.1, 0.15) is 12.3 Å². The lowest BCUT2D eigenvalue weighted by atomic mass is 9.75. The zero-order valence-corrected chi connectivity index (χ0v) is 23.2. The van der Waals surface area contributed by atoms with Gasteiger partial charge >= 0.3 is 0 Å². The van der Waals surface area contributed by atoms with Crippen LogP contribution in [0.2, 0.25) is 0 Å². The molecule has 3 aromatic rings. The van der Waals surface area contributed by atoms with Gasteiger partial charge in [-0.25, -0.2) is 9.67 Å². The van der Waals surface area contributed by atoms with Crippen LogP contribution < -0.4 is 4.74 Å². The normalized spacial score (nSPS) is 19.9. The molecule has 2 aromatic carbocycles. The van der Waals surface area contributed by atoms with Gasteiger partial charge in [0.15, 0.2) is 17.4 Å². The SMILES string of the molecule is COc1cccc(-c2nc(-c3ccc(CCN4CCC5CCCCC5C4)cc3)nn2CC(=O)CC(C)C)c1. The van der Waals surface area contributed by atoms with Crippen molar-refractivity contribution in [2.45, 2.75) is 65.3 Å². The maximum Gasteiger partial charge on any atom is 0.181 e. The fourth-order valence-corrected chi connectivity index (χ4v) is 6.22. The third-order valence-electron chi connectivity index (χ3n) is 8.27. The number of nitrogens with zero attached hydrogens (tertiary/aromatic N) is 4.